The third-order valence-electron chi connectivity index (χ3n) is 2.76. The molecule has 1 fully saturated rings. The summed E-state index contributed by atoms with van der Waals surface area (Å²) >= 11 is 3.29. The van der Waals surface area contributed by atoms with Crippen LogP contribution in [0.15, 0.2) is 22.7 Å². The van der Waals surface area contributed by atoms with Gasteiger partial charge in [-0.3, -0.25) is 9.59 Å². The predicted octanol–water partition coefficient (Wildman–Crippen LogP) is 2.50. The Labute approximate surface area is 103 Å². The summed E-state index contributed by atoms with van der Waals surface area (Å²) in [6, 6.07) is 5.17. The molecule has 1 aromatic rings. The largest absolute Gasteiger partial charge is 0.339 e. The van der Waals surface area contributed by atoms with Gasteiger partial charge in [0.2, 0.25) is 0 Å². The summed E-state index contributed by atoms with van der Waals surface area (Å²) in [7, 11) is 0. The number of carbonyl (C=O) groups is 2. The first-order chi connectivity index (χ1) is 7.72. The number of carbonyl (C=O) groups excluding carboxylic acids is 2. The van der Waals surface area contributed by atoms with Gasteiger partial charge < -0.3 is 4.90 Å². The molecule has 3 nitrogen and oxygen atoms in total. The number of hydrogen-bond donors (Lipinski definition) is 0. The fourth-order valence-electron chi connectivity index (χ4n) is 1.92. The summed E-state index contributed by atoms with van der Waals surface area (Å²) in [5.74, 6) is -0.0351. The molecular weight excluding hydrogens is 270 g/mol. The molecule has 0 aromatic heterocycles. The zero-order valence-electron chi connectivity index (χ0n) is 8.78. The molecule has 0 bridgehead atoms. The Hall–Kier alpha value is -1.16. The number of nitrogens with zero attached hydrogens (tertiary/aromatic N) is 1. The maximum atomic E-state index is 12.1. The third kappa shape index (κ3) is 2.16. The van der Waals surface area contributed by atoms with Gasteiger partial charge in [-0.1, -0.05) is 15.9 Å². The van der Waals surface area contributed by atoms with Crippen LogP contribution in [-0.2, 0) is 0 Å². The number of halogens is 1. The monoisotopic (exact) mass is 281 g/mol. The van der Waals surface area contributed by atoms with Gasteiger partial charge in [0, 0.05) is 23.1 Å². The van der Waals surface area contributed by atoms with Gasteiger partial charge in [-0.25, -0.2) is 0 Å². The second kappa shape index (κ2) is 4.78. The van der Waals surface area contributed by atoms with Gasteiger partial charge in [-0.15, -0.1) is 0 Å². The van der Waals surface area contributed by atoms with E-state index in [-0.39, 0.29) is 5.91 Å². The molecule has 0 N–H and O–H groups in total. The minimum Gasteiger partial charge on any atom is -0.339 e. The molecule has 0 spiro atoms. The molecule has 16 heavy (non-hydrogen) atoms. The summed E-state index contributed by atoms with van der Waals surface area (Å²) < 4.78 is 0.813. The maximum absolute atomic E-state index is 12.1. The highest BCUT2D eigenvalue weighted by atomic mass is 79.9. The second-order valence-electron chi connectivity index (χ2n) is 3.85. The zero-order valence-corrected chi connectivity index (χ0v) is 10.4. The first-order valence-electron chi connectivity index (χ1n) is 5.26. The van der Waals surface area contributed by atoms with Crippen molar-refractivity contribution in [2.75, 3.05) is 13.1 Å². The van der Waals surface area contributed by atoms with Crippen LogP contribution in [0.1, 0.15) is 33.6 Å². The van der Waals surface area contributed by atoms with Gasteiger partial charge >= 0.3 is 0 Å². The Bertz CT molecular complexity index is 425. The summed E-state index contributed by atoms with van der Waals surface area (Å²) in [6.45, 7) is 1.60. The fraction of sp³-hybridized carbons (Fsp3) is 0.333. The number of aldehydes is 1. The molecular formula is C12H12BrNO2. The molecule has 1 aliphatic heterocycles. The van der Waals surface area contributed by atoms with Crippen molar-refractivity contribution in [3.63, 3.8) is 0 Å². The fourth-order valence-corrected chi connectivity index (χ4v) is 2.30. The highest BCUT2D eigenvalue weighted by Gasteiger charge is 2.21. The van der Waals surface area contributed by atoms with E-state index in [0.29, 0.717) is 11.1 Å². The van der Waals surface area contributed by atoms with E-state index >= 15 is 0 Å². The number of benzene rings is 1. The molecule has 1 heterocycles. The van der Waals surface area contributed by atoms with Crippen LogP contribution >= 0.6 is 15.9 Å². The van der Waals surface area contributed by atoms with Crippen molar-refractivity contribution in [2.45, 2.75) is 12.8 Å². The van der Waals surface area contributed by atoms with Crippen LogP contribution < -0.4 is 0 Å². The van der Waals surface area contributed by atoms with Crippen molar-refractivity contribution in [2.24, 2.45) is 0 Å². The predicted molar refractivity (Wildman–Crippen MR) is 64.7 cm³/mol. The zero-order chi connectivity index (χ0) is 11.5. The lowest BCUT2D eigenvalue weighted by Crippen LogP contribution is -2.28. The van der Waals surface area contributed by atoms with Gasteiger partial charge in [0.1, 0.15) is 0 Å². The maximum Gasteiger partial charge on any atom is 0.254 e. The lowest BCUT2D eigenvalue weighted by molar-refractivity contribution is 0.0789. The van der Waals surface area contributed by atoms with E-state index in [2.05, 4.69) is 15.9 Å². The van der Waals surface area contributed by atoms with E-state index in [1.165, 1.54) is 0 Å². The quantitative estimate of drug-likeness (QED) is 0.781. The minimum atomic E-state index is -0.0351. The number of likely N-dealkylation sites (tertiary alicyclic amines) is 1. The molecule has 1 saturated heterocycles. The molecule has 4 heteroatoms. The molecule has 1 aromatic carbocycles. The smallest absolute Gasteiger partial charge is 0.254 e. The minimum absolute atomic E-state index is 0.0351. The Balaban J connectivity index is 2.31. The number of hydrogen-bond acceptors (Lipinski definition) is 2. The van der Waals surface area contributed by atoms with E-state index in [1.54, 1.807) is 23.1 Å². The average molecular weight is 282 g/mol. The topological polar surface area (TPSA) is 37.4 Å². The molecule has 84 valence electrons. The summed E-state index contributed by atoms with van der Waals surface area (Å²) in [6.07, 6.45) is 2.84. The third-order valence-corrected chi connectivity index (χ3v) is 3.26. The SMILES string of the molecule is O=Cc1cc(Br)ccc1C(=O)N1CCCC1. The Kier molecular flexibility index (Phi) is 3.39. The van der Waals surface area contributed by atoms with Crippen molar-refractivity contribution in [3.8, 4) is 0 Å². The molecule has 0 unspecified atom stereocenters. The van der Waals surface area contributed by atoms with Crippen LogP contribution in [0.2, 0.25) is 0 Å². The normalized spacial score (nSPS) is 15.2. The van der Waals surface area contributed by atoms with Crippen LogP contribution in [0.25, 0.3) is 0 Å². The van der Waals surface area contributed by atoms with Gasteiger partial charge in [-0.05, 0) is 31.0 Å². The molecule has 1 aliphatic rings. The summed E-state index contributed by atoms with van der Waals surface area (Å²) in [4.78, 5) is 24.8. The highest BCUT2D eigenvalue weighted by Crippen LogP contribution is 2.19. The molecule has 0 aliphatic carbocycles. The van der Waals surface area contributed by atoms with Crippen molar-refractivity contribution in [1.82, 2.24) is 4.90 Å². The van der Waals surface area contributed by atoms with E-state index in [4.69, 9.17) is 0 Å². The van der Waals surface area contributed by atoms with E-state index in [0.717, 1.165) is 36.7 Å². The molecule has 0 atom stereocenters. The van der Waals surface area contributed by atoms with Gasteiger partial charge in [-0.2, -0.15) is 0 Å². The van der Waals surface area contributed by atoms with Crippen LogP contribution in [0.3, 0.4) is 0 Å². The Morgan fingerprint density at radius 1 is 1.31 bits per heavy atom. The molecule has 2 rings (SSSR count). The van der Waals surface area contributed by atoms with Crippen molar-refractivity contribution in [1.29, 1.82) is 0 Å². The summed E-state index contributed by atoms with van der Waals surface area (Å²) in [5.41, 5.74) is 0.950. The average Bonchev–Trinajstić information content (AvgIpc) is 2.81. The van der Waals surface area contributed by atoms with Crippen molar-refractivity contribution < 1.29 is 9.59 Å². The van der Waals surface area contributed by atoms with Crippen LogP contribution in [-0.4, -0.2) is 30.2 Å². The van der Waals surface area contributed by atoms with E-state index in [9.17, 15) is 9.59 Å². The molecule has 0 saturated carbocycles. The first-order valence-corrected chi connectivity index (χ1v) is 6.05. The highest BCUT2D eigenvalue weighted by molar-refractivity contribution is 9.10. The van der Waals surface area contributed by atoms with Gasteiger partial charge in [0.15, 0.2) is 6.29 Å². The first kappa shape index (κ1) is 11.3. The summed E-state index contributed by atoms with van der Waals surface area (Å²) in [5, 5.41) is 0. The molecule has 0 radical (unpaired) electrons. The number of amides is 1. The lowest BCUT2D eigenvalue weighted by Gasteiger charge is -2.16. The van der Waals surface area contributed by atoms with Crippen LogP contribution in [0.4, 0.5) is 0 Å². The standard InChI is InChI=1S/C12H12BrNO2/c13-10-3-4-11(9(7-10)8-15)12(16)14-5-1-2-6-14/h3-4,7-8H,1-2,5-6H2. The van der Waals surface area contributed by atoms with E-state index in [1.807, 2.05) is 0 Å². The van der Waals surface area contributed by atoms with E-state index < -0.39 is 0 Å². The Morgan fingerprint density at radius 2 is 2.00 bits per heavy atom. The lowest BCUT2D eigenvalue weighted by atomic mass is 10.1. The van der Waals surface area contributed by atoms with Gasteiger partial charge in [0.25, 0.3) is 5.91 Å². The molecule has 1 amide bonds. The number of rotatable bonds is 2. The van der Waals surface area contributed by atoms with Crippen LogP contribution in [0.5, 0.6) is 0 Å². The Morgan fingerprint density at radius 3 is 2.62 bits per heavy atom. The van der Waals surface area contributed by atoms with Crippen molar-refractivity contribution >= 4 is 28.1 Å². The second-order valence-corrected chi connectivity index (χ2v) is 4.76. The van der Waals surface area contributed by atoms with Crippen molar-refractivity contribution in [3.05, 3.63) is 33.8 Å². The van der Waals surface area contributed by atoms with Gasteiger partial charge in [0.05, 0.1) is 5.56 Å². The van der Waals surface area contributed by atoms with Crippen LogP contribution in [0, 0.1) is 0 Å².